The minimum absolute atomic E-state index is 0.00225. The summed E-state index contributed by atoms with van der Waals surface area (Å²) in [5.74, 6) is 0.706. The number of rotatable bonds is 5. The van der Waals surface area contributed by atoms with Gasteiger partial charge in [-0.15, -0.1) is 0 Å². The molecule has 0 fully saturated rings. The van der Waals surface area contributed by atoms with E-state index in [0.717, 1.165) is 41.8 Å². The molecule has 0 bridgehead atoms. The maximum absolute atomic E-state index is 13.1. The smallest absolute Gasteiger partial charge is 0.124 e. The fourth-order valence-corrected chi connectivity index (χ4v) is 2.61. The summed E-state index contributed by atoms with van der Waals surface area (Å²) < 4.78 is 19.6. The van der Waals surface area contributed by atoms with E-state index in [1.54, 1.807) is 6.07 Å². The van der Waals surface area contributed by atoms with E-state index in [-0.39, 0.29) is 11.9 Å². The molecule has 1 aliphatic heterocycles. The van der Waals surface area contributed by atoms with E-state index in [0.29, 0.717) is 0 Å². The van der Waals surface area contributed by atoms with Gasteiger partial charge in [0.25, 0.3) is 0 Å². The molecule has 1 atom stereocenters. The molecule has 18 heavy (non-hydrogen) atoms. The molecule has 1 unspecified atom stereocenters. The molecule has 0 saturated carbocycles. The van der Waals surface area contributed by atoms with E-state index >= 15 is 0 Å². The van der Waals surface area contributed by atoms with Crippen LogP contribution in [0.5, 0.6) is 0 Å². The van der Waals surface area contributed by atoms with E-state index in [9.17, 15) is 4.39 Å². The Kier molecular flexibility index (Phi) is 4.78. The normalized spacial score (nSPS) is 16.3. The van der Waals surface area contributed by atoms with E-state index in [4.69, 9.17) is 4.74 Å². The van der Waals surface area contributed by atoms with Crippen LogP contribution in [0, 0.1) is 5.82 Å². The highest BCUT2D eigenvalue weighted by atomic mass is 79.9. The molecule has 2 nitrogen and oxygen atoms in total. The summed E-state index contributed by atoms with van der Waals surface area (Å²) in [6.45, 7) is 3.75. The van der Waals surface area contributed by atoms with Gasteiger partial charge in [0.2, 0.25) is 0 Å². The topological polar surface area (TPSA) is 21.3 Å². The van der Waals surface area contributed by atoms with Crippen LogP contribution < -0.4 is 5.32 Å². The number of nitrogens with one attached hydrogen (secondary N) is 1. The standard InChI is InChI=1S/C14H17BrFNO/c1-2-7-17-14(13-4-3-8-18-13)11-6-5-10(16)9-12(11)15/h4-6,9,14,17H,2-3,7-8H2,1H3. The Morgan fingerprint density at radius 3 is 2.94 bits per heavy atom. The molecule has 1 heterocycles. The van der Waals surface area contributed by atoms with Crippen molar-refractivity contribution < 1.29 is 9.13 Å². The fourth-order valence-electron chi connectivity index (χ4n) is 2.03. The number of benzene rings is 1. The first-order valence-electron chi connectivity index (χ1n) is 6.23. The van der Waals surface area contributed by atoms with Crippen LogP contribution in [0.15, 0.2) is 34.5 Å². The zero-order valence-electron chi connectivity index (χ0n) is 10.4. The summed E-state index contributed by atoms with van der Waals surface area (Å²) in [5, 5.41) is 3.44. The van der Waals surface area contributed by atoms with E-state index in [1.165, 1.54) is 12.1 Å². The molecule has 0 aliphatic carbocycles. The second-order valence-electron chi connectivity index (χ2n) is 4.30. The molecule has 1 aromatic carbocycles. The van der Waals surface area contributed by atoms with Crippen LogP contribution in [0.2, 0.25) is 0 Å². The van der Waals surface area contributed by atoms with Crippen molar-refractivity contribution in [2.75, 3.05) is 13.2 Å². The lowest BCUT2D eigenvalue weighted by atomic mass is 10.0. The summed E-state index contributed by atoms with van der Waals surface area (Å²) >= 11 is 3.42. The van der Waals surface area contributed by atoms with E-state index < -0.39 is 0 Å². The summed E-state index contributed by atoms with van der Waals surface area (Å²) in [6, 6.07) is 4.78. The van der Waals surface area contributed by atoms with Gasteiger partial charge in [-0.25, -0.2) is 4.39 Å². The molecule has 1 aromatic rings. The largest absolute Gasteiger partial charge is 0.496 e. The first-order chi connectivity index (χ1) is 8.72. The average molecular weight is 314 g/mol. The lowest BCUT2D eigenvalue weighted by Crippen LogP contribution is -2.24. The Hall–Kier alpha value is -0.870. The van der Waals surface area contributed by atoms with Crippen LogP contribution >= 0.6 is 15.9 Å². The van der Waals surface area contributed by atoms with Gasteiger partial charge in [0, 0.05) is 10.9 Å². The minimum Gasteiger partial charge on any atom is -0.496 e. The van der Waals surface area contributed by atoms with Crippen LogP contribution in [-0.2, 0) is 4.74 Å². The zero-order valence-corrected chi connectivity index (χ0v) is 12.0. The van der Waals surface area contributed by atoms with Crippen molar-refractivity contribution in [1.82, 2.24) is 5.32 Å². The fraction of sp³-hybridized carbons (Fsp3) is 0.429. The summed E-state index contributed by atoms with van der Waals surface area (Å²) in [7, 11) is 0. The van der Waals surface area contributed by atoms with Crippen molar-refractivity contribution in [2.45, 2.75) is 25.8 Å². The van der Waals surface area contributed by atoms with Crippen molar-refractivity contribution in [2.24, 2.45) is 0 Å². The summed E-state index contributed by atoms with van der Waals surface area (Å²) in [6.07, 6.45) is 4.09. The van der Waals surface area contributed by atoms with Gasteiger partial charge in [-0.3, -0.25) is 0 Å². The van der Waals surface area contributed by atoms with Crippen molar-refractivity contribution in [3.8, 4) is 0 Å². The molecule has 4 heteroatoms. The molecule has 0 amide bonds. The molecule has 98 valence electrons. The molecule has 2 rings (SSSR count). The summed E-state index contributed by atoms with van der Waals surface area (Å²) in [4.78, 5) is 0. The van der Waals surface area contributed by atoms with Gasteiger partial charge >= 0.3 is 0 Å². The van der Waals surface area contributed by atoms with Crippen molar-refractivity contribution in [3.05, 3.63) is 45.9 Å². The minimum atomic E-state index is -0.235. The molecular formula is C14H17BrFNO. The lowest BCUT2D eigenvalue weighted by molar-refractivity contribution is 0.215. The predicted octanol–water partition coefficient (Wildman–Crippen LogP) is 3.93. The Bertz CT molecular complexity index is 447. The van der Waals surface area contributed by atoms with Crippen LogP contribution in [0.25, 0.3) is 0 Å². The second kappa shape index (κ2) is 6.34. The number of halogens is 2. The van der Waals surface area contributed by atoms with Crippen LogP contribution in [0.4, 0.5) is 4.39 Å². The molecule has 1 N–H and O–H groups in total. The Balaban J connectivity index is 2.26. The molecule has 0 radical (unpaired) electrons. The third-order valence-electron chi connectivity index (χ3n) is 2.89. The van der Waals surface area contributed by atoms with Gasteiger partial charge in [-0.05, 0) is 36.7 Å². The van der Waals surface area contributed by atoms with Crippen LogP contribution in [0.1, 0.15) is 31.4 Å². The van der Waals surface area contributed by atoms with Gasteiger partial charge < -0.3 is 10.1 Å². The van der Waals surface area contributed by atoms with Gasteiger partial charge in [-0.2, -0.15) is 0 Å². The second-order valence-corrected chi connectivity index (χ2v) is 5.15. The highest BCUT2D eigenvalue weighted by Gasteiger charge is 2.22. The predicted molar refractivity (Wildman–Crippen MR) is 73.8 cm³/mol. The Morgan fingerprint density at radius 1 is 1.50 bits per heavy atom. The number of hydrogen-bond donors (Lipinski definition) is 1. The number of ether oxygens (including phenoxy) is 1. The average Bonchev–Trinajstić information content (AvgIpc) is 2.85. The third-order valence-corrected chi connectivity index (χ3v) is 3.58. The monoisotopic (exact) mass is 313 g/mol. The summed E-state index contributed by atoms with van der Waals surface area (Å²) in [5.41, 5.74) is 1.01. The third kappa shape index (κ3) is 3.12. The van der Waals surface area contributed by atoms with E-state index in [1.807, 2.05) is 0 Å². The van der Waals surface area contributed by atoms with Gasteiger partial charge in [0.05, 0.1) is 12.6 Å². The van der Waals surface area contributed by atoms with Crippen molar-refractivity contribution in [1.29, 1.82) is 0 Å². The SMILES string of the molecule is CCCNC(C1=CCCO1)c1ccc(F)cc1Br. The van der Waals surface area contributed by atoms with Gasteiger partial charge in [0.15, 0.2) is 0 Å². The lowest BCUT2D eigenvalue weighted by Gasteiger charge is -2.21. The van der Waals surface area contributed by atoms with Gasteiger partial charge in [0.1, 0.15) is 11.6 Å². The molecule has 0 aromatic heterocycles. The highest BCUT2D eigenvalue weighted by Crippen LogP contribution is 2.31. The highest BCUT2D eigenvalue weighted by molar-refractivity contribution is 9.10. The van der Waals surface area contributed by atoms with Crippen molar-refractivity contribution >= 4 is 15.9 Å². The molecular weight excluding hydrogens is 297 g/mol. The molecule has 1 aliphatic rings. The first-order valence-corrected chi connectivity index (χ1v) is 7.03. The maximum atomic E-state index is 13.1. The van der Waals surface area contributed by atoms with Crippen LogP contribution in [0.3, 0.4) is 0 Å². The molecule has 0 spiro atoms. The van der Waals surface area contributed by atoms with E-state index in [2.05, 4.69) is 34.2 Å². The van der Waals surface area contributed by atoms with Crippen molar-refractivity contribution in [3.63, 3.8) is 0 Å². The van der Waals surface area contributed by atoms with Crippen LogP contribution in [-0.4, -0.2) is 13.2 Å². The number of hydrogen-bond acceptors (Lipinski definition) is 2. The maximum Gasteiger partial charge on any atom is 0.124 e. The Labute approximate surface area is 115 Å². The van der Waals surface area contributed by atoms with Gasteiger partial charge in [-0.1, -0.05) is 28.9 Å². The molecule has 0 saturated heterocycles. The zero-order chi connectivity index (χ0) is 13.0. The quantitative estimate of drug-likeness (QED) is 0.889. The Morgan fingerprint density at radius 2 is 2.33 bits per heavy atom. The first kappa shape index (κ1) is 13.6.